The average Bonchev–Trinajstić information content (AvgIpc) is 2.79. The zero-order chi connectivity index (χ0) is 14.4. The Labute approximate surface area is 120 Å². The van der Waals surface area contributed by atoms with Crippen molar-refractivity contribution in [1.82, 2.24) is 4.90 Å². The van der Waals surface area contributed by atoms with Gasteiger partial charge in [-0.05, 0) is 42.6 Å². The molecule has 2 rings (SSSR count). The van der Waals surface area contributed by atoms with Crippen molar-refractivity contribution in [1.29, 1.82) is 0 Å². The first-order valence-electron chi connectivity index (χ1n) is 5.77. The summed E-state index contributed by atoms with van der Waals surface area (Å²) in [6.07, 6.45) is 1.82. The molecule has 1 aromatic heterocycles. The normalized spacial score (nSPS) is 18.8. The topological polar surface area (TPSA) is 93.6 Å². The summed E-state index contributed by atoms with van der Waals surface area (Å²) in [5, 5.41) is 5.04. The molecule has 1 fully saturated rings. The predicted molar refractivity (Wildman–Crippen MR) is 72.1 cm³/mol. The zero-order valence-electron chi connectivity index (χ0n) is 10.6. The Morgan fingerprint density at radius 1 is 1.53 bits per heavy atom. The summed E-state index contributed by atoms with van der Waals surface area (Å²) < 4.78 is 27.7. The van der Waals surface area contributed by atoms with Crippen LogP contribution in [0.4, 0.5) is 0 Å². The number of amides is 1. The highest BCUT2D eigenvalue weighted by Crippen LogP contribution is 2.32. The van der Waals surface area contributed by atoms with E-state index >= 15 is 0 Å². The molecule has 1 saturated heterocycles. The molecule has 0 radical (unpaired) electrons. The lowest BCUT2D eigenvalue weighted by atomic mass is 10.0. The molecule has 0 saturated carbocycles. The molecule has 6 nitrogen and oxygen atoms in total. The van der Waals surface area contributed by atoms with Gasteiger partial charge in [0.05, 0.1) is 0 Å². The van der Waals surface area contributed by atoms with Crippen LogP contribution < -0.4 is 5.14 Å². The van der Waals surface area contributed by atoms with Gasteiger partial charge in [0, 0.05) is 18.2 Å². The number of halogens is 1. The van der Waals surface area contributed by atoms with Crippen LogP contribution in [0, 0.1) is 0 Å². The van der Waals surface area contributed by atoms with Crippen LogP contribution in [0.1, 0.15) is 37.2 Å². The van der Waals surface area contributed by atoms with Gasteiger partial charge in [-0.3, -0.25) is 4.79 Å². The van der Waals surface area contributed by atoms with Gasteiger partial charge in [-0.1, -0.05) is 0 Å². The van der Waals surface area contributed by atoms with E-state index in [1.807, 2.05) is 13.8 Å². The quantitative estimate of drug-likeness (QED) is 0.878. The lowest BCUT2D eigenvalue weighted by Crippen LogP contribution is -2.42. The maximum Gasteiger partial charge on any atom is 0.290 e. The fourth-order valence-electron chi connectivity index (χ4n) is 2.27. The maximum atomic E-state index is 12.3. The van der Waals surface area contributed by atoms with E-state index in [1.165, 1.54) is 0 Å². The summed E-state index contributed by atoms with van der Waals surface area (Å²) in [5.41, 5.74) is -0.252. The van der Waals surface area contributed by atoms with E-state index in [2.05, 4.69) is 15.9 Å². The van der Waals surface area contributed by atoms with E-state index in [-0.39, 0.29) is 26.8 Å². The molecule has 1 aromatic rings. The first kappa shape index (κ1) is 14.5. The Kier molecular flexibility index (Phi) is 3.53. The maximum absolute atomic E-state index is 12.3. The van der Waals surface area contributed by atoms with Gasteiger partial charge < -0.3 is 9.32 Å². The fourth-order valence-corrected chi connectivity index (χ4v) is 3.77. The van der Waals surface area contributed by atoms with Gasteiger partial charge in [-0.25, -0.2) is 13.6 Å². The highest BCUT2D eigenvalue weighted by molar-refractivity contribution is 9.10. The zero-order valence-corrected chi connectivity index (χ0v) is 13.0. The SMILES string of the molecule is CC1(C)CCCN1C(=O)c1cc(S(N)(=O)=O)c(Br)o1. The predicted octanol–water partition coefficient (Wildman–Crippen LogP) is 1.70. The van der Waals surface area contributed by atoms with Crippen molar-refractivity contribution < 1.29 is 17.6 Å². The summed E-state index contributed by atoms with van der Waals surface area (Å²) in [6, 6.07) is 1.16. The van der Waals surface area contributed by atoms with E-state index in [9.17, 15) is 13.2 Å². The molecule has 1 aliphatic rings. The Bertz CT molecular complexity index is 621. The van der Waals surface area contributed by atoms with Gasteiger partial charge in [0.1, 0.15) is 4.90 Å². The molecule has 1 aliphatic heterocycles. The van der Waals surface area contributed by atoms with Crippen molar-refractivity contribution in [2.75, 3.05) is 6.54 Å². The Hall–Kier alpha value is -0.860. The second kappa shape index (κ2) is 4.60. The summed E-state index contributed by atoms with van der Waals surface area (Å²) >= 11 is 2.96. The second-order valence-corrected chi connectivity index (χ2v) is 7.42. The molecule has 8 heteroatoms. The summed E-state index contributed by atoms with van der Waals surface area (Å²) in [7, 11) is -3.91. The van der Waals surface area contributed by atoms with Crippen LogP contribution in [0.15, 0.2) is 20.0 Å². The van der Waals surface area contributed by atoms with Crippen LogP contribution in [0.3, 0.4) is 0 Å². The third-order valence-corrected chi connectivity index (χ3v) is 5.09. The van der Waals surface area contributed by atoms with Crippen molar-refractivity contribution >= 4 is 31.9 Å². The number of hydrogen-bond acceptors (Lipinski definition) is 4. The third kappa shape index (κ3) is 2.70. The van der Waals surface area contributed by atoms with E-state index in [4.69, 9.17) is 9.56 Å². The van der Waals surface area contributed by atoms with Crippen molar-refractivity contribution in [3.8, 4) is 0 Å². The molecule has 0 aromatic carbocycles. The number of furan rings is 1. The first-order valence-corrected chi connectivity index (χ1v) is 8.11. The van der Waals surface area contributed by atoms with Gasteiger partial charge in [0.25, 0.3) is 5.91 Å². The highest BCUT2D eigenvalue weighted by Gasteiger charge is 2.37. The van der Waals surface area contributed by atoms with E-state index in [1.54, 1.807) is 4.90 Å². The molecule has 2 heterocycles. The summed E-state index contributed by atoms with van der Waals surface area (Å²) in [6.45, 7) is 4.57. The Morgan fingerprint density at radius 2 is 2.16 bits per heavy atom. The van der Waals surface area contributed by atoms with E-state index in [0.29, 0.717) is 6.54 Å². The van der Waals surface area contributed by atoms with Crippen molar-refractivity contribution in [2.24, 2.45) is 5.14 Å². The molecule has 2 N–H and O–H groups in total. The van der Waals surface area contributed by atoms with Crippen LogP contribution >= 0.6 is 15.9 Å². The molecule has 0 atom stereocenters. The molecule has 0 aliphatic carbocycles. The van der Waals surface area contributed by atoms with Gasteiger partial charge in [0.2, 0.25) is 10.0 Å². The van der Waals surface area contributed by atoms with Crippen LogP contribution in [-0.2, 0) is 10.0 Å². The van der Waals surface area contributed by atoms with E-state index in [0.717, 1.165) is 18.9 Å². The highest BCUT2D eigenvalue weighted by atomic mass is 79.9. The largest absolute Gasteiger partial charge is 0.443 e. The Morgan fingerprint density at radius 3 is 2.58 bits per heavy atom. The number of hydrogen-bond donors (Lipinski definition) is 1. The van der Waals surface area contributed by atoms with Crippen LogP contribution in [-0.4, -0.2) is 31.3 Å². The van der Waals surface area contributed by atoms with Crippen LogP contribution in [0.5, 0.6) is 0 Å². The number of nitrogens with two attached hydrogens (primary N) is 1. The smallest absolute Gasteiger partial charge is 0.290 e. The second-order valence-electron chi connectivity index (χ2n) is 5.17. The van der Waals surface area contributed by atoms with Crippen molar-refractivity contribution in [2.45, 2.75) is 37.1 Å². The molecule has 0 spiro atoms. The minimum atomic E-state index is -3.91. The van der Waals surface area contributed by atoms with Crippen molar-refractivity contribution in [3.05, 3.63) is 16.5 Å². The summed E-state index contributed by atoms with van der Waals surface area (Å²) in [5.74, 6) is -0.344. The lowest BCUT2D eigenvalue weighted by molar-refractivity contribution is 0.0617. The van der Waals surface area contributed by atoms with Crippen LogP contribution in [0.2, 0.25) is 0 Å². The first-order chi connectivity index (χ1) is 8.63. The van der Waals surface area contributed by atoms with E-state index < -0.39 is 10.0 Å². The van der Waals surface area contributed by atoms with Gasteiger partial charge in [-0.2, -0.15) is 0 Å². The number of primary sulfonamides is 1. The number of sulfonamides is 1. The molecule has 0 bridgehead atoms. The molecule has 106 valence electrons. The summed E-state index contributed by atoms with van der Waals surface area (Å²) in [4.78, 5) is 13.8. The average molecular weight is 351 g/mol. The number of likely N-dealkylation sites (tertiary alicyclic amines) is 1. The molecular formula is C11H15BrN2O4S. The number of carbonyl (C=O) groups excluding carboxylic acids is 1. The third-order valence-electron chi connectivity index (χ3n) is 3.32. The molecule has 0 unspecified atom stereocenters. The number of carbonyl (C=O) groups is 1. The minimum Gasteiger partial charge on any atom is -0.443 e. The molecule has 19 heavy (non-hydrogen) atoms. The van der Waals surface area contributed by atoms with Gasteiger partial charge >= 0.3 is 0 Å². The fraction of sp³-hybridized carbons (Fsp3) is 0.545. The number of nitrogens with zero attached hydrogens (tertiary/aromatic N) is 1. The van der Waals surface area contributed by atoms with Crippen LogP contribution in [0.25, 0.3) is 0 Å². The molecule has 1 amide bonds. The standard InChI is InChI=1S/C11H15BrN2O4S/c1-11(2)4-3-5-14(11)10(15)7-6-8(9(12)18-7)19(13,16)17/h6H,3-5H2,1-2H3,(H2,13,16,17). The molecular weight excluding hydrogens is 336 g/mol. The monoisotopic (exact) mass is 350 g/mol. The minimum absolute atomic E-state index is 0.0223. The number of rotatable bonds is 2. The van der Waals surface area contributed by atoms with Crippen molar-refractivity contribution in [3.63, 3.8) is 0 Å². The van der Waals surface area contributed by atoms with Gasteiger partial charge in [-0.15, -0.1) is 0 Å². The lowest BCUT2D eigenvalue weighted by Gasteiger charge is -2.30. The van der Waals surface area contributed by atoms with Gasteiger partial charge in [0.15, 0.2) is 10.4 Å². The Balaban J connectivity index is 2.36.